The van der Waals surface area contributed by atoms with Crippen LogP contribution in [0.2, 0.25) is 10.0 Å². The summed E-state index contributed by atoms with van der Waals surface area (Å²) in [6.45, 7) is 0.177. The van der Waals surface area contributed by atoms with Crippen LogP contribution in [0.5, 0.6) is 0 Å². The normalized spacial score (nSPS) is 10.7. The molecule has 1 heterocycles. The maximum atomic E-state index is 12.9. The van der Waals surface area contributed by atoms with Gasteiger partial charge in [-0.15, -0.1) is 0 Å². The molecule has 0 aliphatic heterocycles. The Hall–Kier alpha value is -0.910. The Bertz CT molecular complexity index is 660. The molecule has 2 rings (SSSR count). The second-order valence-electron chi connectivity index (χ2n) is 3.51. The molecule has 0 radical (unpaired) electrons. The Morgan fingerprint density at radius 3 is 2.78 bits per heavy atom. The number of hydrogen-bond donors (Lipinski definition) is 0. The monoisotopic (exact) mass is 350 g/mol. The van der Waals surface area contributed by atoms with Gasteiger partial charge in [-0.05, 0) is 17.7 Å². The molecule has 0 bridgehead atoms. The second kappa shape index (κ2) is 5.38. The van der Waals surface area contributed by atoms with E-state index in [1.807, 2.05) is 0 Å². The predicted molar refractivity (Wildman–Crippen MR) is 71.7 cm³/mol. The number of benzene rings is 1. The number of rotatable bonds is 2. The molecule has 1 aromatic heterocycles. The fourth-order valence-corrected chi connectivity index (χ4v) is 2.12. The van der Waals surface area contributed by atoms with Gasteiger partial charge in [0, 0.05) is 4.47 Å². The standard InChI is InChI=1S/C11H6BrCl2FN2O/c12-8-3-7(15)2-1-6(8)5-17-11(18)10(14)9(13)4-16-17/h1-4H,5H2. The zero-order valence-electron chi connectivity index (χ0n) is 8.83. The third-order valence-electron chi connectivity index (χ3n) is 2.28. The lowest BCUT2D eigenvalue weighted by Gasteiger charge is -2.07. The van der Waals surface area contributed by atoms with Crippen LogP contribution in [0.15, 0.2) is 33.7 Å². The summed E-state index contributed by atoms with van der Waals surface area (Å²) < 4.78 is 14.6. The summed E-state index contributed by atoms with van der Waals surface area (Å²) in [6, 6.07) is 4.19. The van der Waals surface area contributed by atoms with Crippen LogP contribution in [0.25, 0.3) is 0 Å². The Morgan fingerprint density at radius 2 is 2.11 bits per heavy atom. The molecule has 7 heteroatoms. The van der Waals surface area contributed by atoms with Crippen molar-refractivity contribution in [3.8, 4) is 0 Å². The van der Waals surface area contributed by atoms with Crippen LogP contribution in [0.4, 0.5) is 4.39 Å². The highest BCUT2D eigenvalue weighted by Gasteiger charge is 2.09. The third kappa shape index (κ3) is 2.74. The fraction of sp³-hybridized carbons (Fsp3) is 0.0909. The van der Waals surface area contributed by atoms with Gasteiger partial charge < -0.3 is 0 Å². The van der Waals surface area contributed by atoms with Crippen LogP contribution in [0, 0.1) is 5.82 Å². The van der Waals surface area contributed by atoms with Crippen molar-refractivity contribution >= 4 is 39.1 Å². The zero-order valence-corrected chi connectivity index (χ0v) is 11.9. The Balaban J connectivity index is 2.41. The first-order valence-corrected chi connectivity index (χ1v) is 6.39. The van der Waals surface area contributed by atoms with Crippen molar-refractivity contribution in [1.82, 2.24) is 9.78 Å². The summed E-state index contributed by atoms with van der Waals surface area (Å²) in [5.41, 5.74) is 0.227. The molecule has 0 amide bonds. The van der Waals surface area contributed by atoms with Gasteiger partial charge in [-0.3, -0.25) is 4.79 Å². The van der Waals surface area contributed by atoms with E-state index in [0.717, 1.165) is 4.68 Å². The highest BCUT2D eigenvalue weighted by atomic mass is 79.9. The molecule has 0 saturated carbocycles. The van der Waals surface area contributed by atoms with Crippen molar-refractivity contribution in [2.45, 2.75) is 6.54 Å². The summed E-state index contributed by atoms with van der Waals surface area (Å²) in [6.07, 6.45) is 1.29. The number of nitrogens with zero attached hydrogens (tertiary/aromatic N) is 2. The largest absolute Gasteiger partial charge is 0.287 e. The molecule has 0 spiro atoms. The smallest absolute Gasteiger partial charge is 0.266 e. The molecular formula is C11H6BrCl2FN2O. The quantitative estimate of drug-likeness (QED) is 0.830. The van der Waals surface area contributed by atoms with E-state index >= 15 is 0 Å². The SMILES string of the molecule is O=c1c(Cl)c(Cl)cnn1Cc1ccc(F)cc1Br. The molecule has 18 heavy (non-hydrogen) atoms. The Morgan fingerprint density at radius 1 is 1.39 bits per heavy atom. The van der Waals surface area contributed by atoms with Crippen molar-refractivity contribution in [3.05, 3.63) is 60.6 Å². The lowest BCUT2D eigenvalue weighted by Crippen LogP contribution is -2.23. The van der Waals surface area contributed by atoms with E-state index in [-0.39, 0.29) is 22.4 Å². The van der Waals surface area contributed by atoms with Gasteiger partial charge in [0.2, 0.25) is 0 Å². The van der Waals surface area contributed by atoms with Crippen molar-refractivity contribution in [2.24, 2.45) is 0 Å². The van der Waals surface area contributed by atoms with Crippen molar-refractivity contribution < 1.29 is 4.39 Å². The molecule has 0 aliphatic carbocycles. The van der Waals surface area contributed by atoms with Crippen LogP contribution in [0.1, 0.15) is 5.56 Å². The average Bonchev–Trinajstić information content (AvgIpc) is 2.33. The molecule has 0 N–H and O–H groups in total. The summed E-state index contributed by atoms with van der Waals surface area (Å²) >= 11 is 14.6. The topological polar surface area (TPSA) is 34.9 Å². The minimum Gasteiger partial charge on any atom is -0.266 e. The molecular weight excluding hydrogens is 346 g/mol. The van der Waals surface area contributed by atoms with Gasteiger partial charge in [-0.25, -0.2) is 9.07 Å². The van der Waals surface area contributed by atoms with Gasteiger partial charge in [-0.2, -0.15) is 5.10 Å². The fourth-order valence-electron chi connectivity index (χ4n) is 1.37. The zero-order chi connectivity index (χ0) is 13.3. The van der Waals surface area contributed by atoms with E-state index in [2.05, 4.69) is 21.0 Å². The third-order valence-corrected chi connectivity index (χ3v) is 3.76. The first-order chi connectivity index (χ1) is 8.49. The average molecular weight is 352 g/mol. The van der Waals surface area contributed by atoms with E-state index < -0.39 is 5.56 Å². The highest BCUT2D eigenvalue weighted by Crippen LogP contribution is 2.19. The van der Waals surface area contributed by atoms with Crippen molar-refractivity contribution in [1.29, 1.82) is 0 Å². The Labute approximate surface area is 120 Å². The van der Waals surface area contributed by atoms with Crippen LogP contribution in [0.3, 0.4) is 0 Å². The molecule has 0 atom stereocenters. The molecule has 1 aromatic carbocycles. The maximum absolute atomic E-state index is 12.9. The van der Waals surface area contributed by atoms with Gasteiger partial charge in [0.25, 0.3) is 5.56 Å². The van der Waals surface area contributed by atoms with E-state index in [0.29, 0.717) is 10.0 Å². The van der Waals surface area contributed by atoms with Gasteiger partial charge in [0.05, 0.1) is 17.8 Å². The van der Waals surface area contributed by atoms with Gasteiger partial charge in [0.1, 0.15) is 10.8 Å². The molecule has 2 aromatic rings. The van der Waals surface area contributed by atoms with Crippen molar-refractivity contribution in [2.75, 3.05) is 0 Å². The van der Waals surface area contributed by atoms with Crippen LogP contribution in [-0.2, 0) is 6.54 Å². The van der Waals surface area contributed by atoms with Crippen LogP contribution < -0.4 is 5.56 Å². The summed E-state index contributed by atoms with van der Waals surface area (Å²) in [5.74, 6) is -0.361. The molecule has 0 fully saturated rings. The molecule has 0 aliphatic rings. The van der Waals surface area contributed by atoms with E-state index in [1.54, 1.807) is 6.07 Å². The predicted octanol–water partition coefficient (Wildman–Crippen LogP) is 3.50. The molecule has 0 unspecified atom stereocenters. The summed E-state index contributed by atoms with van der Waals surface area (Å²) in [4.78, 5) is 11.8. The summed E-state index contributed by atoms with van der Waals surface area (Å²) in [7, 11) is 0. The van der Waals surface area contributed by atoms with E-state index in [1.165, 1.54) is 18.3 Å². The molecule has 94 valence electrons. The van der Waals surface area contributed by atoms with Gasteiger partial charge >= 0.3 is 0 Å². The minimum absolute atomic E-state index is 0.0788. The van der Waals surface area contributed by atoms with Gasteiger partial charge in [0.15, 0.2) is 0 Å². The van der Waals surface area contributed by atoms with E-state index in [4.69, 9.17) is 23.2 Å². The Kier molecular flexibility index (Phi) is 4.04. The maximum Gasteiger partial charge on any atom is 0.287 e. The lowest BCUT2D eigenvalue weighted by molar-refractivity contribution is 0.617. The second-order valence-corrected chi connectivity index (χ2v) is 5.14. The van der Waals surface area contributed by atoms with Crippen LogP contribution in [-0.4, -0.2) is 9.78 Å². The first-order valence-electron chi connectivity index (χ1n) is 4.84. The molecule has 3 nitrogen and oxygen atoms in total. The lowest BCUT2D eigenvalue weighted by atomic mass is 10.2. The van der Waals surface area contributed by atoms with Crippen LogP contribution >= 0.6 is 39.1 Å². The van der Waals surface area contributed by atoms with Crippen molar-refractivity contribution in [3.63, 3.8) is 0 Å². The van der Waals surface area contributed by atoms with Gasteiger partial charge in [-0.1, -0.05) is 45.2 Å². The number of aromatic nitrogens is 2. The number of hydrogen-bond acceptors (Lipinski definition) is 2. The number of halogens is 4. The first kappa shape index (κ1) is 13.5. The highest BCUT2D eigenvalue weighted by molar-refractivity contribution is 9.10. The van der Waals surface area contributed by atoms with E-state index in [9.17, 15) is 9.18 Å². The summed E-state index contributed by atoms with van der Waals surface area (Å²) in [5, 5.41) is 3.90. The minimum atomic E-state index is -0.486. The molecule has 0 saturated heterocycles.